The monoisotopic (exact) mass is 235 g/mol. The lowest BCUT2D eigenvalue weighted by Gasteiger charge is -2.23. The highest BCUT2D eigenvalue weighted by atomic mass is 19.2. The summed E-state index contributed by atoms with van der Waals surface area (Å²) in [5.74, 6) is -1.63. The van der Waals surface area contributed by atoms with Crippen LogP contribution in [0.4, 0.5) is 8.78 Å². The Morgan fingerprint density at radius 3 is 3.06 bits per heavy atom. The van der Waals surface area contributed by atoms with E-state index in [0.717, 1.165) is 30.4 Å². The van der Waals surface area contributed by atoms with Gasteiger partial charge in [0.05, 0.1) is 18.1 Å². The Bertz CT molecular complexity index is 550. The molecule has 17 heavy (non-hydrogen) atoms. The standard InChI is InChI=1S/C12H11F2N3/c13-8-3-1-2-7(10(8)14)11-12-9(4-5-15-11)16-6-17-12/h1-3,6,11,15H,4-5H2,(H,16,17)/t11-/m0/s1. The fourth-order valence-corrected chi connectivity index (χ4v) is 2.22. The molecule has 1 atom stereocenters. The van der Waals surface area contributed by atoms with Crippen molar-refractivity contribution in [3.63, 3.8) is 0 Å². The number of rotatable bonds is 1. The molecule has 0 bridgehead atoms. The lowest BCUT2D eigenvalue weighted by molar-refractivity contribution is 0.471. The number of hydrogen-bond acceptors (Lipinski definition) is 2. The van der Waals surface area contributed by atoms with E-state index in [-0.39, 0.29) is 6.04 Å². The molecule has 0 amide bonds. The highest BCUT2D eigenvalue weighted by Crippen LogP contribution is 2.28. The average Bonchev–Trinajstić information content (AvgIpc) is 2.81. The van der Waals surface area contributed by atoms with Gasteiger partial charge in [-0.15, -0.1) is 0 Å². The van der Waals surface area contributed by atoms with Crippen LogP contribution in [0.2, 0.25) is 0 Å². The number of halogens is 2. The van der Waals surface area contributed by atoms with Crippen LogP contribution in [0.1, 0.15) is 23.0 Å². The third kappa shape index (κ3) is 1.63. The van der Waals surface area contributed by atoms with Crippen molar-refractivity contribution in [3.05, 3.63) is 53.1 Å². The molecule has 1 aromatic heterocycles. The maximum atomic E-state index is 13.7. The smallest absolute Gasteiger partial charge is 0.163 e. The number of H-pyrrole nitrogens is 1. The van der Waals surface area contributed by atoms with Crippen LogP contribution in [-0.4, -0.2) is 16.5 Å². The third-order valence-corrected chi connectivity index (χ3v) is 3.04. The summed E-state index contributed by atoms with van der Waals surface area (Å²) in [6.45, 7) is 0.718. The van der Waals surface area contributed by atoms with Crippen molar-refractivity contribution >= 4 is 0 Å². The number of aromatic amines is 1. The third-order valence-electron chi connectivity index (χ3n) is 3.04. The summed E-state index contributed by atoms with van der Waals surface area (Å²) < 4.78 is 26.9. The van der Waals surface area contributed by atoms with Gasteiger partial charge < -0.3 is 10.3 Å². The van der Waals surface area contributed by atoms with Gasteiger partial charge in [0.15, 0.2) is 11.6 Å². The molecule has 1 aliphatic heterocycles. The molecule has 0 fully saturated rings. The number of nitrogens with zero attached hydrogens (tertiary/aromatic N) is 1. The summed E-state index contributed by atoms with van der Waals surface area (Å²) in [5, 5.41) is 3.16. The molecule has 1 aliphatic rings. The molecule has 0 saturated heterocycles. The SMILES string of the molecule is Fc1cccc([C@@H]2NCCc3[nH]cnc32)c1F. The maximum absolute atomic E-state index is 13.7. The van der Waals surface area contributed by atoms with Crippen LogP contribution in [0, 0.1) is 11.6 Å². The van der Waals surface area contributed by atoms with Gasteiger partial charge in [-0.2, -0.15) is 0 Å². The molecule has 1 aromatic carbocycles. The van der Waals surface area contributed by atoms with Crippen LogP contribution in [0.25, 0.3) is 0 Å². The Morgan fingerprint density at radius 2 is 2.18 bits per heavy atom. The second-order valence-electron chi connectivity index (χ2n) is 4.05. The van der Waals surface area contributed by atoms with Crippen LogP contribution in [-0.2, 0) is 6.42 Å². The zero-order valence-corrected chi connectivity index (χ0v) is 9.00. The molecule has 3 nitrogen and oxygen atoms in total. The van der Waals surface area contributed by atoms with E-state index in [1.54, 1.807) is 12.4 Å². The Kier molecular flexibility index (Phi) is 2.40. The van der Waals surface area contributed by atoms with Crippen molar-refractivity contribution in [2.24, 2.45) is 0 Å². The minimum absolute atomic E-state index is 0.304. The fraction of sp³-hybridized carbons (Fsp3) is 0.250. The predicted molar refractivity (Wildman–Crippen MR) is 58.5 cm³/mol. The predicted octanol–water partition coefficient (Wildman–Crippen LogP) is 1.92. The first-order valence-electron chi connectivity index (χ1n) is 5.47. The van der Waals surface area contributed by atoms with E-state index in [1.165, 1.54) is 6.07 Å². The molecule has 88 valence electrons. The van der Waals surface area contributed by atoms with E-state index in [0.29, 0.717) is 5.56 Å². The number of nitrogens with one attached hydrogen (secondary N) is 2. The van der Waals surface area contributed by atoms with Gasteiger partial charge in [-0.05, 0) is 6.07 Å². The van der Waals surface area contributed by atoms with E-state index < -0.39 is 11.6 Å². The molecule has 5 heteroatoms. The molecule has 0 saturated carbocycles. The Hall–Kier alpha value is -1.75. The largest absolute Gasteiger partial charge is 0.348 e. The van der Waals surface area contributed by atoms with Gasteiger partial charge in [-0.1, -0.05) is 12.1 Å². The molecular weight excluding hydrogens is 224 g/mol. The fourth-order valence-electron chi connectivity index (χ4n) is 2.22. The topological polar surface area (TPSA) is 40.7 Å². The van der Waals surface area contributed by atoms with Crippen LogP contribution in [0.3, 0.4) is 0 Å². The summed E-state index contributed by atoms with van der Waals surface area (Å²) in [4.78, 5) is 7.20. The highest BCUT2D eigenvalue weighted by Gasteiger charge is 2.26. The zero-order chi connectivity index (χ0) is 11.8. The number of hydrogen-bond donors (Lipinski definition) is 2. The summed E-state index contributed by atoms with van der Waals surface area (Å²) >= 11 is 0. The van der Waals surface area contributed by atoms with Crippen LogP contribution in [0.15, 0.2) is 24.5 Å². The minimum atomic E-state index is -0.827. The van der Waals surface area contributed by atoms with E-state index >= 15 is 0 Å². The van der Waals surface area contributed by atoms with Crippen molar-refractivity contribution in [1.82, 2.24) is 15.3 Å². The Balaban J connectivity index is 2.10. The van der Waals surface area contributed by atoms with Gasteiger partial charge in [0.25, 0.3) is 0 Å². The van der Waals surface area contributed by atoms with Gasteiger partial charge >= 0.3 is 0 Å². The summed E-state index contributed by atoms with van der Waals surface area (Å²) in [6, 6.07) is 3.84. The van der Waals surface area contributed by atoms with E-state index in [1.807, 2.05) is 0 Å². The minimum Gasteiger partial charge on any atom is -0.348 e. The van der Waals surface area contributed by atoms with Crippen molar-refractivity contribution in [2.45, 2.75) is 12.5 Å². The van der Waals surface area contributed by atoms with Gasteiger partial charge in [-0.3, -0.25) is 0 Å². The molecule has 2 N–H and O–H groups in total. The molecule has 0 aliphatic carbocycles. The molecule has 0 unspecified atom stereocenters. The van der Waals surface area contributed by atoms with Crippen LogP contribution < -0.4 is 5.32 Å². The average molecular weight is 235 g/mol. The van der Waals surface area contributed by atoms with Crippen LogP contribution >= 0.6 is 0 Å². The summed E-state index contributed by atoms with van der Waals surface area (Å²) in [5.41, 5.74) is 2.04. The zero-order valence-electron chi connectivity index (χ0n) is 9.00. The first-order chi connectivity index (χ1) is 8.27. The summed E-state index contributed by atoms with van der Waals surface area (Å²) in [6.07, 6.45) is 2.41. The first kappa shape index (κ1) is 10.4. The molecule has 0 spiro atoms. The quantitative estimate of drug-likeness (QED) is 0.792. The van der Waals surface area contributed by atoms with E-state index in [9.17, 15) is 8.78 Å². The molecular formula is C12H11F2N3. The number of aromatic nitrogens is 2. The van der Waals surface area contributed by atoms with Gasteiger partial charge in [0.1, 0.15) is 0 Å². The van der Waals surface area contributed by atoms with Crippen molar-refractivity contribution < 1.29 is 8.78 Å². The normalized spacial score (nSPS) is 19.1. The molecule has 0 radical (unpaired) electrons. The summed E-state index contributed by atoms with van der Waals surface area (Å²) in [7, 11) is 0. The maximum Gasteiger partial charge on any atom is 0.163 e. The van der Waals surface area contributed by atoms with Crippen molar-refractivity contribution in [1.29, 1.82) is 0 Å². The van der Waals surface area contributed by atoms with Crippen LogP contribution in [0.5, 0.6) is 0 Å². The number of fused-ring (bicyclic) bond motifs is 1. The van der Waals surface area contributed by atoms with E-state index in [2.05, 4.69) is 15.3 Å². The molecule has 2 aromatic rings. The van der Waals surface area contributed by atoms with Gasteiger partial charge in [0.2, 0.25) is 0 Å². The second-order valence-corrected chi connectivity index (χ2v) is 4.05. The van der Waals surface area contributed by atoms with Crippen molar-refractivity contribution in [2.75, 3.05) is 6.54 Å². The first-order valence-corrected chi connectivity index (χ1v) is 5.47. The Morgan fingerprint density at radius 1 is 1.29 bits per heavy atom. The number of imidazole rings is 1. The highest BCUT2D eigenvalue weighted by molar-refractivity contribution is 5.33. The van der Waals surface area contributed by atoms with Gasteiger partial charge in [-0.25, -0.2) is 13.8 Å². The Labute approximate surface area is 96.9 Å². The lowest BCUT2D eigenvalue weighted by atomic mass is 9.97. The lowest BCUT2D eigenvalue weighted by Crippen LogP contribution is -2.31. The van der Waals surface area contributed by atoms with Crippen molar-refractivity contribution in [3.8, 4) is 0 Å². The molecule has 2 heterocycles. The van der Waals surface area contributed by atoms with E-state index in [4.69, 9.17) is 0 Å². The molecule has 3 rings (SSSR count). The number of benzene rings is 1. The van der Waals surface area contributed by atoms with Gasteiger partial charge in [0, 0.05) is 24.2 Å². The second kappa shape index (κ2) is 3.92.